The van der Waals surface area contributed by atoms with Crippen molar-refractivity contribution in [3.8, 4) is 44.5 Å². The van der Waals surface area contributed by atoms with E-state index in [2.05, 4.69) is 305 Å². The number of unbranched alkanes of at least 4 members (excludes halogenated alkanes) is 1. The van der Waals surface area contributed by atoms with Gasteiger partial charge in [0.2, 0.25) is 0 Å². The molecule has 430 valence electrons. The number of fused-ring (bicyclic) bond motifs is 4. The van der Waals surface area contributed by atoms with Gasteiger partial charge in [-0.15, -0.1) is 0 Å². The van der Waals surface area contributed by atoms with Gasteiger partial charge in [-0.3, -0.25) is 0 Å². The van der Waals surface area contributed by atoms with E-state index in [0.29, 0.717) is 14.5 Å². The number of hydrogen-bond donors (Lipinski definition) is 0. The van der Waals surface area contributed by atoms with E-state index in [1.165, 1.54) is 92.1 Å². The summed E-state index contributed by atoms with van der Waals surface area (Å²) in [6.07, 6.45) is 14.6. The maximum atomic E-state index is 3.14. The molecule has 0 aliphatic heterocycles. The summed E-state index contributed by atoms with van der Waals surface area (Å²) < 4.78 is 14.3. The molecule has 0 amide bonds. The van der Waals surface area contributed by atoms with Crippen LogP contribution in [0, 0.1) is 0 Å². The molecule has 0 N–H and O–H groups in total. The molecule has 4 aliphatic rings. The Balaban J connectivity index is 0.997. The van der Waals surface area contributed by atoms with Crippen molar-refractivity contribution in [1.82, 2.24) is 0 Å². The molecule has 0 saturated carbocycles. The van der Waals surface area contributed by atoms with Gasteiger partial charge in [-0.05, 0) is 0 Å². The van der Waals surface area contributed by atoms with Crippen molar-refractivity contribution >= 4 is 42.8 Å². The van der Waals surface area contributed by atoms with Gasteiger partial charge < -0.3 is 0 Å². The summed E-state index contributed by atoms with van der Waals surface area (Å²) in [7, 11) is 0. The Morgan fingerprint density at radius 3 is 0.940 bits per heavy atom. The molecule has 8 aromatic carbocycles. The van der Waals surface area contributed by atoms with Crippen LogP contribution < -0.4 is 0 Å². The van der Waals surface area contributed by atoms with Crippen LogP contribution in [0.5, 0.6) is 0 Å². The summed E-state index contributed by atoms with van der Waals surface area (Å²) in [6.45, 7) is 26.2. The zero-order chi connectivity index (χ0) is 59.4. The molecule has 0 fully saturated rings. The van der Waals surface area contributed by atoms with E-state index in [9.17, 15) is 0 Å². The van der Waals surface area contributed by atoms with Crippen molar-refractivity contribution in [1.29, 1.82) is 0 Å². The Hall–Kier alpha value is -4.86. The van der Waals surface area contributed by atoms with E-state index in [1.54, 1.807) is 44.5 Å². The second kappa shape index (κ2) is 20.4. The Bertz CT molecular complexity index is 3580. The van der Waals surface area contributed by atoms with E-state index in [1.807, 2.05) is 0 Å². The zero-order valence-electron chi connectivity index (χ0n) is 53.3. The quantitative estimate of drug-likeness (QED) is 0.0630. The van der Waals surface area contributed by atoms with E-state index < -0.39 is 50.6 Å². The zero-order valence-corrected chi connectivity index (χ0v) is 62.1. The fourth-order valence-corrected chi connectivity index (χ4v) is 153. The molecule has 4 atom stereocenters. The molecule has 5 heteroatoms. The minimum atomic E-state index is -5.04. The fraction of sp³-hybridized carbons (Fsp3) is 0.291. The Morgan fingerprint density at radius 2 is 0.655 bits per heavy atom. The van der Waals surface area contributed by atoms with Gasteiger partial charge in [-0.1, -0.05) is 0 Å². The first-order valence-electron chi connectivity index (χ1n) is 32.2. The van der Waals surface area contributed by atoms with Crippen LogP contribution in [0.25, 0.3) is 68.8 Å². The van der Waals surface area contributed by atoms with E-state index >= 15 is 0 Å². The SMILES string of the molecule is C[SiH2][Zr]([CH3])([CH3])([CH]1C(C)=Cc2c(-c3ccccc3)cccc21)([CH]1C(C)=Cc2c(-c3ccccc3)cccc21)[C](C)(C)CCCC[Si](C)(C)[Zr]([CH3])([CH3])([SiH2]C)([CH]1C(C)=Cc2c(-c3ccccc3)cccc21)[CH]1C(C)=Cc2c(-c3ccccc3)cccc21. The average molecular weight is 1310 g/mol. The molecule has 0 radical (unpaired) electrons. The Morgan fingerprint density at radius 1 is 0.369 bits per heavy atom. The van der Waals surface area contributed by atoms with Gasteiger partial charge in [-0.25, -0.2) is 0 Å². The van der Waals surface area contributed by atoms with Gasteiger partial charge in [0.15, 0.2) is 0 Å². The monoisotopic (exact) mass is 1310 g/mol. The molecule has 0 bridgehead atoms. The average Bonchev–Trinajstić information content (AvgIpc) is 1.17. The number of rotatable bonds is 17. The summed E-state index contributed by atoms with van der Waals surface area (Å²) in [5, 5.41) is -2.22. The van der Waals surface area contributed by atoms with Crippen LogP contribution in [-0.4, -0.2) is 18.5 Å². The number of benzene rings is 8. The first-order chi connectivity index (χ1) is 40.0. The Labute approximate surface area is 504 Å². The third kappa shape index (κ3) is 8.02. The molecule has 84 heavy (non-hydrogen) atoms. The van der Waals surface area contributed by atoms with E-state index in [0.717, 1.165) is 0 Å². The first kappa shape index (κ1) is 59.5. The third-order valence-corrected chi connectivity index (χ3v) is 202. The maximum absolute atomic E-state index is 5.04. The number of hydrogen-bond acceptors (Lipinski definition) is 0. The van der Waals surface area contributed by atoms with Crippen LogP contribution in [0.4, 0.5) is 0 Å². The molecular weight excluding hydrogens is 1220 g/mol. The number of allylic oxidation sites excluding steroid dienone is 4. The van der Waals surface area contributed by atoms with Gasteiger partial charge in [0.25, 0.3) is 0 Å². The minimum absolute atomic E-state index is 0.101. The summed E-state index contributed by atoms with van der Waals surface area (Å²) >= 11 is -9.95. The second-order valence-corrected chi connectivity index (χ2v) is 151. The van der Waals surface area contributed by atoms with Gasteiger partial charge in [0.1, 0.15) is 0 Å². The van der Waals surface area contributed by atoms with Crippen molar-refractivity contribution in [2.24, 2.45) is 0 Å². The molecule has 0 nitrogen and oxygen atoms in total. The van der Waals surface area contributed by atoms with Crippen molar-refractivity contribution < 1.29 is 32.1 Å². The third-order valence-electron chi connectivity index (χ3n) is 27.5. The molecule has 0 spiro atoms. The van der Waals surface area contributed by atoms with Crippen molar-refractivity contribution in [2.45, 2.75) is 129 Å². The predicted octanol–water partition coefficient (Wildman–Crippen LogP) is 22.8. The molecular formula is C79H94Si3Zr2. The van der Waals surface area contributed by atoms with Crippen LogP contribution in [-0.2, 0) is 32.1 Å². The summed E-state index contributed by atoms with van der Waals surface area (Å²) in [5.74, 6) is 0. The van der Waals surface area contributed by atoms with Crippen LogP contribution in [0.15, 0.2) is 216 Å². The fourth-order valence-electron chi connectivity index (χ4n) is 21.3. The van der Waals surface area contributed by atoms with Gasteiger partial charge >= 0.3 is 509 Å². The molecule has 0 heterocycles. The van der Waals surface area contributed by atoms with Gasteiger partial charge in [-0.2, -0.15) is 0 Å². The van der Waals surface area contributed by atoms with Gasteiger partial charge in [0, 0.05) is 0 Å². The van der Waals surface area contributed by atoms with Crippen LogP contribution >= 0.6 is 0 Å². The van der Waals surface area contributed by atoms with Crippen LogP contribution in [0.2, 0.25) is 53.9 Å². The van der Waals surface area contributed by atoms with Crippen LogP contribution in [0.1, 0.15) is 120 Å². The van der Waals surface area contributed by atoms with E-state index in [4.69, 9.17) is 0 Å². The molecule has 4 aliphatic carbocycles. The van der Waals surface area contributed by atoms with Crippen LogP contribution in [0.3, 0.4) is 0 Å². The van der Waals surface area contributed by atoms with Gasteiger partial charge in [0.05, 0.1) is 0 Å². The molecule has 0 aromatic heterocycles. The Kier molecular flexibility index (Phi) is 14.4. The summed E-state index contributed by atoms with van der Waals surface area (Å²) in [6, 6.07) is 76.2. The molecule has 12 rings (SSSR count). The molecule has 0 saturated heterocycles. The first-order valence-corrected chi connectivity index (χ1v) is 70.5. The molecule has 8 aromatic rings. The molecule has 4 unspecified atom stereocenters. The standard InChI is InChI=1S/4C16H13.C9H20Si.2CH5Si.4CH3.2Zr/c4*1-12-10-14-8-5-9-15(16(14)11-12)13-6-3-2-4-7-13;1-9(2)7-5-6-8-10(3)4;2*1-2;;;;;;/h4*2-11H,1H3;5-8H2,1-4H3;2*2H2,1H3;4*1H3;;. The summed E-state index contributed by atoms with van der Waals surface area (Å²) in [4.78, 5) is 0. The van der Waals surface area contributed by atoms with Crippen molar-refractivity contribution in [3.05, 3.63) is 261 Å². The normalized spacial score (nSPS) is 20.3. The second-order valence-electron chi connectivity index (χ2n) is 31.5. The topological polar surface area (TPSA) is 0 Å². The van der Waals surface area contributed by atoms with Crippen molar-refractivity contribution in [2.75, 3.05) is 0 Å². The summed E-state index contributed by atoms with van der Waals surface area (Å²) in [5.41, 5.74) is 29.9. The predicted molar refractivity (Wildman–Crippen MR) is 376 cm³/mol. The van der Waals surface area contributed by atoms with E-state index in [-0.39, 0.29) is 3.12 Å². The van der Waals surface area contributed by atoms with Crippen molar-refractivity contribution in [3.63, 3.8) is 0 Å².